The quantitative estimate of drug-likeness (QED) is 0.766. The molecule has 1 aromatic rings. The van der Waals surface area contributed by atoms with Crippen LogP contribution >= 0.6 is 0 Å². The van der Waals surface area contributed by atoms with E-state index in [9.17, 15) is 4.79 Å². The molecule has 0 atom stereocenters. The molecule has 4 nitrogen and oxygen atoms in total. The lowest BCUT2D eigenvalue weighted by Gasteiger charge is -2.01. The van der Waals surface area contributed by atoms with Gasteiger partial charge in [0.25, 0.3) is 0 Å². The molecule has 1 heterocycles. The molecule has 70 valence electrons. The van der Waals surface area contributed by atoms with Crippen LogP contribution in [0, 0.1) is 0 Å². The van der Waals surface area contributed by atoms with Crippen molar-refractivity contribution in [1.82, 2.24) is 9.78 Å². The van der Waals surface area contributed by atoms with Gasteiger partial charge in [0.2, 0.25) is 0 Å². The fourth-order valence-corrected chi connectivity index (χ4v) is 1.44. The Hall–Kier alpha value is -1.32. The molecular formula is C9H12N2O2. The number of carbonyl (C=O) groups is 1. The minimum absolute atomic E-state index is 0.170. The van der Waals surface area contributed by atoms with E-state index in [1.54, 1.807) is 6.07 Å². The topological polar surface area (TPSA) is 55.1 Å². The van der Waals surface area contributed by atoms with E-state index in [4.69, 9.17) is 5.11 Å². The molecule has 1 aromatic heterocycles. The lowest BCUT2D eigenvalue weighted by atomic mass is 10.3. The molecule has 0 unspecified atom stereocenters. The minimum Gasteiger partial charge on any atom is -0.476 e. The molecule has 1 saturated carbocycles. The van der Waals surface area contributed by atoms with Crippen molar-refractivity contribution in [3.63, 3.8) is 0 Å². The molecule has 0 aromatic carbocycles. The standard InChI is InChI=1S/C9H12N2O2/c1-2-6-5-8(9(12)13)10-11(6)7-3-4-7/h5,7H,2-4H2,1H3,(H,12,13). The fraction of sp³-hybridized carbons (Fsp3) is 0.556. The second kappa shape index (κ2) is 2.87. The Morgan fingerprint density at radius 1 is 1.77 bits per heavy atom. The number of aryl methyl sites for hydroxylation is 1. The van der Waals surface area contributed by atoms with Crippen molar-refractivity contribution in [1.29, 1.82) is 0 Å². The van der Waals surface area contributed by atoms with Crippen molar-refractivity contribution in [2.24, 2.45) is 0 Å². The average molecular weight is 180 g/mol. The van der Waals surface area contributed by atoms with Gasteiger partial charge in [-0.2, -0.15) is 5.10 Å². The fourth-order valence-electron chi connectivity index (χ4n) is 1.44. The lowest BCUT2D eigenvalue weighted by molar-refractivity contribution is 0.0689. The highest BCUT2D eigenvalue weighted by atomic mass is 16.4. The third kappa shape index (κ3) is 1.43. The van der Waals surface area contributed by atoms with E-state index in [-0.39, 0.29) is 5.69 Å². The molecule has 4 heteroatoms. The highest BCUT2D eigenvalue weighted by Crippen LogP contribution is 2.35. The summed E-state index contributed by atoms with van der Waals surface area (Å²) >= 11 is 0. The number of rotatable bonds is 3. The van der Waals surface area contributed by atoms with Gasteiger partial charge in [0.1, 0.15) is 0 Å². The molecule has 1 aliphatic carbocycles. The number of aromatic nitrogens is 2. The number of hydrogen-bond acceptors (Lipinski definition) is 2. The first-order valence-corrected chi connectivity index (χ1v) is 4.54. The maximum atomic E-state index is 10.6. The van der Waals surface area contributed by atoms with E-state index < -0.39 is 5.97 Å². The molecule has 0 bridgehead atoms. The number of hydrogen-bond donors (Lipinski definition) is 1. The van der Waals surface area contributed by atoms with E-state index in [1.807, 2.05) is 11.6 Å². The van der Waals surface area contributed by atoms with Crippen LogP contribution in [0.15, 0.2) is 6.07 Å². The first-order valence-electron chi connectivity index (χ1n) is 4.54. The summed E-state index contributed by atoms with van der Waals surface area (Å²) in [6, 6.07) is 2.13. The van der Waals surface area contributed by atoms with Crippen molar-refractivity contribution < 1.29 is 9.90 Å². The SMILES string of the molecule is CCc1cc(C(=O)O)nn1C1CC1. The summed E-state index contributed by atoms with van der Waals surface area (Å²) in [5.41, 5.74) is 1.20. The molecule has 0 amide bonds. The summed E-state index contributed by atoms with van der Waals surface area (Å²) in [7, 11) is 0. The number of carboxylic acid groups (broad SMARTS) is 1. The Kier molecular flexibility index (Phi) is 1.83. The lowest BCUT2D eigenvalue weighted by Crippen LogP contribution is -2.03. The molecular weight excluding hydrogens is 168 g/mol. The molecule has 2 rings (SSSR count). The van der Waals surface area contributed by atoms with Crippen LogP contribution in [-0.4, -0.2) is 20.9 Å². The van der Waals surface area contributed by atoms with Crippen LogP contribution in [0.3, 0.4) is 0 Å². The molecule has 0 spiro atoms. The van der Waals surface area contributed by atoms with Gasteiger partial charge >= 0.3 is 5.97 Å². The summed E-state index contributed by atoms with van der Waals surface area (Å²) in [6.45, 7) is 2.02. The summed E-state index contributed by atoms with van der Waals surface area (Å²) < 4.78 is 1.86. The van der Waals surface area contributed by atoms with Gasteiger partial charge in [0, 0.05) is 5.69 Å². The maximum Gasteiger partial charge on any atom is 0.356 e. The van der Waals surface area contributed by atoms with Gasteiger partial charge in [-0.1, -0.05) is 6.92 Å². The molecule has 1 aliphatic rings. The van der Waals surface area contributed by atoms with Crippen molar-refractivity contribution in [3.05, 3.63) is 17.5 Å². The Bertz CT molecular complexity index is 339. The van der Waals surface area contributed by atoms with Crippen LogP contribution in [0.2, 0.25) is 0 Å². The highest BCUT2D eigenvalue weighted by Gasteiger charge is 2.27. The van der Waals surface area contributed by atoms with Gasteiger partial charge in [-0.25, -0.2) is 4.79 Å². The molecule has 0 saturated heterocycles. The summed E-state index contributed by atoms with van der Waals surface area (Å²) in [6.07, 6.45) is 3.11. The van der Waals surface area contributed by atoms with Crippen LogP contribution in [0.25, 0.3) is 0 Å². The first kappa shape index (κ1) is 8.29. The maximum absolute atomic E-state index is 10.6. The number of aromatic carboxylic acids is 1. The van der Waals surface area contributed by atoms with Gasteiger partial charge in [0.05, 0.1) is 6.04 Å². The van der Waals surface area contributed by atoms with Gasteiger partial charge in [-0.3, -0.25) is 4.68 Å². The summed E-state index contributed by atoms with van der Waals surface area (Å²) in [4.78, 5) is 10.6. The summed E-state index contributed by atoms with van der Waals surface area (Å²) in [5.74, 6) is -0.936. The van der Waals surface area contributed by atoms with Crippen molar-refractivity contribution >= 4 is 5.97 Å². The van der Waals surface area contributed by atoms with Crippen molar-refractivity contribution in [2.45, 2.75) is 32.2 Å². The first-order chi connectivity index (χ1) is 6.22. The van der Waals surface area contributed by atoms with Crippen LogP contribution in [0.5, 0.6) is 0 Å². The van der Waals surface area contributed by atoms with Gasteiger partial charge in [-0.15, -0.1) is 0 Å². The van der Waals surface area contributed by atoms with Crippen molar-refractivity contribution in [3.8, 4) is 0 Å². The van der Waals surface area contributed by atoms with Gasteiger partial charge in [-0.05, 0) is 25.3 Å². The third-order valence-corrected chi connectivity index (χ3v) is 2.29. The Morgan fingerprint density at radius 2 is 2.46 bits per heavy atom. The predicted molar refractivity (Wildman–Crippen MR) is 46.8 cm³/mol. The molecule has 0 radical (unpaired) electrons. The van der Waals surface area contributed by atoms with E-state index >= 15 is 0 Å². The van der Waals surface area contributed by atoms with Gasteiger partial charge in [0.15, 0.2) is 5.69 Å². The minimum atomic E-state index is -0.936. The average Bonchev–Trinajstić information content (AvgIpc) is 2.84. The normalized spacial score (nSPS) is 16.1. The number of carboxylic acids is 1. The predicted octanol–water partition coefficient (Wildman–Crippen LogP) is 1.48. The Labute approximate surface area is 76.2 Å². The van der Waals surface area contributed by atoms with Crippen LogP contribution < -0.4 is 0 Å². The van der Waals surface area contributed by atoms with E-state index in [0.29, 0.717) is 6.04 Å². The molecule has 13 heavy (non-hydrogen) atoms. The van der Waals surface area contributed by atoms with E-state index in [1.165, 1.54) is 0 Å². The Balaban J connectivity index is 2.36. The second-order valence-corrected chi connectivity index (χ2v) is 3.36. The zero-order valence-corrected chi connectivity index (χ0v) is 7.53. The smallest absolute Gasteiger partial charge is 0.356 e. The van der Waals surface area contributed by atoms with Gasteiger partial charge < -0.3 is 5.11 Å². The largest absolute Gasteiger partial charge is 0.476 e. The highest BCUT2D eigenvalue weighted by molar-refractivity contribution is 5.85. The van der Waals surface area contributed by atoms with Crippen molar-refractivity contribution in [2.75, 3.05) is 0 Å². The third-order valence-electron chi connectivity index (χ3n) is 2.29. The zero-order chi connectivity index (χ0) is 9.42. The Morgan fingerprint density at radius 3 is 2.92 bits per heavy atom. The molecule has 1 fully saturated rings. The van der Waals surface area contributed by atoms with Crippen LogP contribution in [0.4, 0.5) is 0 Å². The second-order valence-electron chi connectivity index (χ2n) is 3.36. The monoisotopic (exact) mass is 180 g/mol. The van der Waals surface area contributed by atoms with Crippen LogP contribution in [-0.2, 0) is 6.42 Å². The molecule has 1 N–H and O–H groups in total. The number of nitrogens with zero attached hydrogens (tertiary/aromatic N) is 2. The van der Waals surface area contributed by atoms with E-state index in [2.05, 4.69) is 5.10 Å². The summed E-state index contributed by atoms with van der Waals surface area (Å²) in [5, 5.41) is 12.8. The van der Waals surface area contributed by atoms with Crippen LogP contribution in [0.1, 0.15) is 42.0 Å². The molecule has 0 aliphatic heterocycles. The zero-order valence-electron chi connectivity index (χ0n) is 7.53. The van der Waals surface area contributed by atoms with E-state index in [0.717, 1.165) is 25.0 Å².